The summed E-state index contributed by atoms with van der Waals surface area (Å²) in [7, 11) is 0. The smallest absolute Gasteiger partial charge is 0.122 e. The molecule has 3 nitrogen and oxygen atoms in total. The van der Waals surface area contributed by atoms with E-state index in [1.54, 1.807) is 18.0 Å². The lowest BCUT2D eigenvalue weighted by atomic mass is 10.2. The number of aromatic nitrogens is 1. The van der Waals surface area contributed by atoms with Gasteiger partial charge >= 0.3 is 0 Å². The number of nitrogens with two attached hydrogens (primary N) is 1. The molecular weight excluding hydrogens is 254 g/mol. The van der Waals surface area contributed by atoms with Crippen LogP contribution >= 0.6 is 24.2 Å². The topological polar surface area (TPSA) is 62.8 Å². The summed E-state index contributed by atoms with van der Waals surface area (Å²) < 4.78 is 0. The Balaban J connectivity index is 0.00000144. The van der Waals surface area contributed by atoms with Crippen LogP contribution in [0.4, 0.5) is 0 Å². The maximum Gasteiger partial charge on any atom is 0.122 e. The first-order valence-electron chi connectivity index (χ1n) is 4.79. The monoisotopic (exact) mass is 265 g/mol. The zero-order valence-corrected chi connectivity index (χ0v) is 10.6. The van der Waals surface area contributed by atoms with Gasteiger partial charge in [-0.25, -0.2) is 4.98 Å². The van der Waals surface area contributed by atoms with Crippen LogP contribution < -0.4 is 5.73 Å². The number of hydrogen-bond donors (Lipinski definition) is 2. The highest BCUT2D eigenvalue weighted by molar-refractivity contribution is 7.99. The lowest BCUT2D eigenvalue weighted by Gasteiger charge is -2.02. The van der Waals surface area contributed by atoms with Crippen LogP contribution in [0.25, 0.3) is 0 Å². The Kier molecular flexibility index (Phi) is 5.00. The molecule has 0 aliphatic carbocycles. The van der Waals surface area contributed by atoms with Gasteiger partial charge in [0.15, 0.2) is 0 Å². The molecular formula is C12H12ClN3S. The molecule has 0 radical (unpaired) electrons. The van der Waals surface area contributed by atoms with Crippen LogP contribution in [0.15, 0.2) is 58.6 Å². The highest BCUT2D eigenvalue weighted by atomic mass is 35.5. The zero-order chi connectivity index (χ0) is 11.4. The van der Waals surface area contributed by atoms with Crippen molar-refractivity contribution in [3.05, 3.63) is 54.2 Å². The highest BCUT2D eigenvalue weighted by Gasteiger charge is 1.99. The molecule has 0 saturated heterocycles. The van der Waals surface area contributed by atoms with Gasteiger partial charge in [-0.15, -0.1) is 12.4 Å². The van der Waals surface area contributed by atoms with Crippen molar-refractivity contribution in [1.82, 2.24) is 4.98 Å². The number of nitrogens with zero attached hydrogens (tertiary/aromatic N) is 1. The predicted octanol–water partition coefficient (Wildman–Crippen LogP) is 2.94. The SMILES string of the molecule is Cl.N=C(N)c1ccc(Sc2ccccn2)cc1. The molecule has 0 aliphatic heterocycles. The van der Waals surface area contributed by atoms with E-state index in [0.29, 0.717) is 0 Å². The second-order valence-electron chi connectivity index (χ2n) is 3.21. The predicted molar refractivity (Wildman–Crippen MR) is 73.1 cm³/mol. The molecule has 2 aromatic rings. The van der Waals surface area contributed by atoms with E-state index in [2.05, 4.69) is 4.98 Å². The van der Waals surface area contributed by atoms with E-state index in [1.165, 1.54) is 0 Å². The minimum Gasteiger partial charge on any atom is -0.384 e. The second-order valence-corrected chi connectivity index (χ2v) is 4.30. The Bertz CT molecular complexity index is 485. The molecule has 0 bridgehead atoms. The summed E-state index contributed by atoms with van der Waals surface area (Å²) >= 11 is 1.59. The Morgan fingerprint density at radius 1 is 1.12 bits per heavy atom. The van der Waals surface area contributed by atoms with Crippen LogP contribution in [0.5, 0.6) is 0 Å². The third-order valence-electron chi connectivity index (χ3n) is 2.03. The quantitative estimate of drug-likeness (QED) is 0.663. The fourth-order valence-corrected chi connectivity index (χ4v) is 2.00. The van der Waals surface area contributed by atoms with Gasteiger partial charge in [-0.05, 0) is 24.3 Å². The molecule has 1 heterocycles. The molecule has 17 heavy (non-hydrogen) atoms. The van der Waals surface area contributed by atoms with Crippen molar-refractivity contribution < 1.29 is 0 Å². The van der Waals surface area contributed by atoms with Crippen LogP contribution in [0, 0.1) is 5.41 Å². The van der Waals surface area contributed by atoms with Crippen molar-refractivity contribution in [3.8, 4) is 0 Å². The van der Waals surface area contributed by atoms with Gasteiger partial charge in [-0.1, -0.05) is 30.0 Å². The van der Waals surface area contributed by atoms with Crippen LogP contribution in [-0.4, -0.2) is 10.8 Å². The number of rotatable bonds is 3. The summed E-state index contributed by atoms with van der Waals surface area (Å²) in [5.74, 6) is 0.0920. The molecule has 0 fully saturated rings. The van der Waals surface area contributed by atoms with E-state index in [4.69, 9.17) is 11.1 Å². The Labute approximate surface area is 110 Å². The van der Waals surface area contributed by atoms with Gasteiger partial charge in [-0.2, -0.15) is 0 Å². The van der Waals surface area contributed by atoms with Crippen molar-refractivity contribution in [3.63, 3.8) is 0 Å². The summed E-state index contributed by atoms with van der Waals surface area (Å²) in [4.78, 5) is 5.31. The fraction of sp³-hybridized carbons (Fsp3) is 0. The molecule has 0 unspecified atom stereocenters. The standard InChI is InChI=1S/C12H11N3S.ClH/c13-12(14)9-4-6-10(7-5-9)16-11-3-1-2-8-15-11;/h1-8H,(H3,13,14);1H. The van der Waals surface area contributed by atoms with Crippen LogP contribution in [0.2, 0.25) is 0 Å². The second kappa shape index (κ2) is 6.27. The molecule has 2 rings (SSSR count). The van der Waals surface area contributed by atoms with Crippen LogP contribution in [-0.2, 0) is 0 Å². The molecule has 0 atom stereocenters. The Morgan fingerprint density at radius 2 is 1.82 bits per heavy atom. The minimum absolute atomic E-state index is 0. The maximum atomic E-state index is 7.29. The van der Waals surface area contributed by atoms with Crippen molar-refractivity contribution in [2.75, 3.05) is 0 Å². The van der Waals surface area contributed by atoms with Crippen molar-refractivity contribution >= 4 is 30.0 Å². The van der Waals surface area contributed by atoms with E-state index < -0.39 is 0 Å². The summed E-state index contributed by atoms with van der Waals surface area (Å²) in [6.07, 6.45) is 1.77. The van der Waals surface area contributed by atoms with Gasteiger partial charge in [0.1, 0.15) is 10.9 Å². The van der Waals surface area contributed by atoms with E-state index in [-0.39, 0.29) is 18.2 Å². The third kappa shape index (κ3) is 3.76. The summed E-state index contributed by atoms with van der Waals surface area (Å²) in [6.45, 7) is 0. The first kappa shape index (κ1) is 13.5. The van der Waals surface area contributed by atoms with Crippen molar-refractivity contribution in [2.24, 2.45) is 5.73 Å². The number of benzene rings is 1. The molecule has 1 aromatic carbocycles. The summed E-state index contributed by atoms with van der Waals surface area (Å²) in [5.41, 5.74) is 6.12. The van der Waals surface area contributed by atoms with E-state index in [0.717, 1.165) is 15.5 Å². The van der Waals surface area contributed by atoms with Crippen molar-refractivity contribution in [2.45, 2.75) is 9.92 Å². The first-order valence-corrected chi connectivity index (χ1v) is 5.61. The van der Waals surface area contributed by atoms with Crippen molar-refractivity contribution in [1.29, 1.82) is 5.41 Å². The minimum atomic E-state index is 0. The van der Waals surface area contributed by atoms with Gasteiger partial charge < -0.3 is 5.73 Å². The molecule has 88 valence electrons. The molecule has 0 saturated carbocycles. The van der Waals surface area contributed by atoms with E-state index >= 15 is 0 Å². The summed E-state index contributed by atoms with van der Waals surface area (Å²) in [5, 5.41) is 8.24. The van der Waals surface area contributed by atoms with Gasteiger partial charge in [-0.3, -0.25) is 5.41 Å². The number of nitrogens with one attached hydrogen (secondary N) is 1. The number of nitrogen functional groups attached to an aromatic ring is 1. The molecule has 3 N–H and O–H groups in total. The Morgan fingerprint density at radius 3 is 2.35 bits per heavy atom. The van der Waals surface area contributed by atoms with E-state index in [1.807, 2.05) is 42.5 Å². The molecule has 0 spiro atoms. The number of amidine groups is 1. The summed E-state index contributed by atoms with van der Waals surface area (Å²) in [6, 6.07) is 13.4. The maximum absolute atomic E-state index is 7.29. The number of pyridine rings is 1. The van der Waals surface area contributed by atoms with Gasteiger partial charge in [0.2, 0.25) is 0 Å². The molecule has 5 heteroatoms. The normalized spacial score (nSPS) is 9.41. The number of halogens is 1. The third-order valence-corrected chi connectivity index (χ3v) is 2.98. The van der Waals surface area contributed by atoms with Gasteiger partial charge in [0.25, 0.3) is 0 Å². The lowest BCUT2D eigenvalue weighted by Crippen LogP contribution is -2.10. The molecule has 1 aromatic heterocycles. The van der Waals surface area contributed by atoms with Gasteiger partial charge in [0.05, 0.1) is 0 Å². The average molecular weight is 266 g/mol. The highest BCUT2D eigenvalue weighted by Crippen LogP contribution is 2.25. The number of hydrogen-bond acceptors (Lipinski definition) is 3. The molecule has 0 amide bonds. The van der Waals surface area contributed by atoms with Crippen LogP contribution in [0.3, 0.4) is 0 Å². The van der Waals surface area contributed by atoms with Crippen LogP contribution in [0.1, 0.15) is 5.56 Å². The Hall–Kier alpha value is -1.52. The average Bonchev–Trinajstić information content (AvgIpc) is 2.31. The largest absolute Gasteiger partial charge is 0.384 e. The lowest BCUT2D eigenvalue weighted by molar-refractivity contribution is 1.13. The van der Waals surface area contributed by atoms with E-state index in [9.17, 15) is 0 Å². The fourth-order valence-electron chi connectivity index (χ4n) is 1.23. The zero-order valence-electron chi connectivity index (χ0n) is 8.96. The molecule has 0 aliphatic rings. The first-order chi connectivity index (χ1) is 7.75. The van der Waals surface area contributed by atoms with Gasteiger partial charge in [0, 0.05) is 16.7 Å².